The molecule has 0 atom stereocenters. The van der Waals surface area contributed by atoms with Crippen LogP contribution >= 0.6 is 0 Å². The summed E-state index contributed by atoms with van der Waals surface area (Å²) < 4.78 is 12.3. The van der Waals surface area contributed by atoms with E-state index in [0.29, 0.717) is 24.0 Å². The Hall–Kier alpha value is -2.70. The molecule has 0 radical (unpaired) electrons. The number of aryl methyl sites for hydroxylation is 1. The Morgan fingerprint density at radius 2 is 2.05 bits per heavy atom. The van der Waals surface area contributed by atoms with Crippen LogP contribution in [0.25, 0.3) is 0 Å². The van der Waals surface area contributed by atoms with Crippen molar-refractivity contribution in [3.8, 4) is 11.5 Å². The van der Waals surface area contributed by atoms with Gasteiger partial charge in [-0.1, -0.05) is 0 Å². The number of anilines is 1. The van der Waals surface area contributed by atoms with Gasteiger partial charge in [0.05, 0.1) is 14.2 Å². The molecule has 7 heteroatoms. The quantitative estimate of drug-likeness (QED) is 0.622. The van der Waals surface area contributed by atoms with E-state index in [0.717, 1.165) is 17.8 Å². The van der Waals surface area contributed by atoms with Crippen LogP contribution in [0.15, 0.2) is 35.5 Å². The van der Waals surface area contributed by atoms with Crippen LogP contribution < -0.4 is 20.5 Å². The molecule has 0 saturated carbocycles. The van der Waals surface area contributed by atoms with Gasteiger partial charge in [-0.05, 0) is 18.2 Å². The number of aliphatic imine (C=N–C) groups is 1. The Morgan fingerprint density at radius 1 is 1.27 bits per heavy atom. The van der Waals surface area contributed by atoms with Gasteiger partial charge in [0.25, 0.3) is 0 Å². The molecule has 0 spiro atoms. The van der Waals surface area contributed by atoms with Crippen LogP contribution in [0.4, 0.5) is 5.69 Å². The van der Waals surface area contributed by atoms with Crippen molar-refractivity contribution >= 4 is 11.6 Å². The highest BCUT2D eigenvalue weighted by atomic mass is 16.5. The van der Waals surface area contributed by atoms with Crippen LogP contribution in [0, 0.1) is 0 Å². The fraction of sp³-hybridized carbons (Fsp3) is 0.333. The molecule has 118 valence electrons. The van der Waals surface area contributed by atoms with E-state index >= 15 is 0 Å². The average Bonchev–Trinajstić information content (AvgIpc) is 2.92. The molecule has 1 heterocycles. The first kappa shape index (κ1) is 15.7. The van der Waals surface area contributed by atoms with Crippen LogP contribution in [0.2, 0.25) is 0 Å². The Bertz CT molecular complexity index is 651. The van der Waals surface area contributed by atoms with Gasteiger partial charge in [0.15, 0.2) is 17.5 Å². The van der Waals surface area contributed by atoms with E-state index < -0.39 is 0 Å². The average molecular weight is 303 g/mol. The minimum atomic E-state index is 0.356. The standard InChI is InChI=1S/C15H21N5O2/c1-20-12(7-9-18-20)6-8-17-15(16)19-11-4-5-13(21-2)14(10-11)22-3/h4-5,7,9-10H,6,8H2,1-3H3,(H3,16,17,19). The number of hydrogen-bond acceptors (Lipinski definition) is 4. The molecule has 2 aromatic rings. The predicted octanol–water partition coefficient (Wildman–Crippen LogP) is 1.41. The molecule has 1 aromatic carbocycles. The molecule has 0 fully saturated rings. The summed E-state index contributed by atoms with van der Waals surface area (Å²) in [5, 5.41) is 7.15. The van der Waals surface area contributed by atoms with Crippen molar-refractivity contribution in [1.82, 2.24) is 9.78 Å². The van der Waals surface area contributed by atoms with Gasteiger partial charge in [-0.3, -0.25) is 9.67 Å². The molecule has 0 saturated heterocycles. The molecule has 22 heavy (non-hydrogen) atoms. The highest BCUT2D eigenvalue weighted by Gasteiger charge is 2.05. The molecule has 2 rings (SSSR count). The van der Waals surface area contributed by atoms with Crippen molar-refractivity contribution in [2.45, 2.75) is 6.42 Å². The van der Waals surface area contributed by atoms with E-state index in [4.69, 9.17) is 15.2 Å². The molecular weight excluding hydrogens is 282 g/mol. The van der Waals surface area contributed by atoms with Gasteiger partial charge in [-0.25, -0.2) is 0 Å². The SMILES string of the molecule is COc1ccc(NC(N)=NCCc2ccnn2C)cc1OC. The fourth-order valence-electron chi connectivity index (χ4n) is 2.04. The molecule has 0 amide bonds. The fourth-order valence-corrected chi connectivity index (χ4v) is 2.04. The van der Waals surface area contributed by atoms with E-state index in [1.54, 1.807) is 20.4 Å². The summed E-state index contributed by atoms with van der Waals surface area (Å²) in [6.45, 7) is 0.589. The summed E-state index contributed by atoms with van der Waals surface area (Å²) >= 11 is 0. The van der Waals surface area contributed by atoms with E-state index in [1.807, 2.05) is 36.0 Å². The van der Waals surface area contributed by atoms with Crippen molar-refractivity contribution in [2.75, 3.05) is 26.1 Å². The van der Waals surface area contributed by atoms with E-state index in [2.05, 4.69) is 15.4 Å². The molecule has 0 bridgehead atoms. The van der Waals surface area contributed by atoms with Gasteiger partial charge in [0.1, 0.15) is 0 Å². The number of aromatic nitrogens is 2. The number of ether oxygens (including phenoxy) is 2. The van der Waals surface area contributed by atoms with Gasteiger partial charge in [0.2, 0.25) is 0 Å². The Morgan fingerprint density at radius 3 is 2.68 bits per heavy atom. The van der Waals surface area contributed by atoms with Crippen LogP contribution in [0.3, 0.4) is 0 Å². The third kappa shape index (κ3) is 3.91. The number of benzene rings is 1. The van der Waals surface area contributed by atoms with Crippen molar-refractivity contribution in [1.29, 1.82) is 0 Å². The molecule has 1 aromatic heterocycles. The summed E-state index contributed by atoms with van der Waals surface area (Å²) in [5.74, 6) is 1.66. The van der Waals surface area contributed by atoms with Crippen LogP contribution in [-0.2, 0) is 13.5 Å². The predicted molar refractivity (Wildman–Crippen MR) is 86.6 cm³/mol. The second-order valence-electron chi connectivity index (χ2n) is 4.66. The summed E-state index contributed by atoms with van der Waals surface area (Å²) in [6, 6.07) is 7.44. The third-order valence-corrected chi connectivity index (χ3v) is 3.23. The molecule has 3 N–H and O–H groups in total. The van der Waals surface area contributed by atoms with Gasteiger partial charge >= 0.3 is 0 Å². The highest BCUT2D eigenvalue weighted by Crippen LogP contribution is 2.29. The van der Waals surface area contributed by atoms with Gasteiger partial charge in [-0.15, -0.1) is 0 Å². The van der Waals surface area contributed by atoms with Crippen molar-refractivity contribution < 1.29 is 9.47 Å². The lowest BCUT2D eigenvalue weighted by Crippen LogP contribution is -2.23. The molecule has 0 aliphatic rings. The number of nitrogens with zero attached hydrogens (tertiary/aromatic N) is 3. The second-order valence-corrected chi connectivity index (χ2v) is 4.66. The topological polar surface area (TPSA) is 86.7 Å². The van der Waals surface area contributed by atoms with Gasteiger partial charge in [0, 0.05) is 43.7 Å². The Kier molecular flexibility index (Phi) is 5.24. The second kappa shape index (κ2) is 7.35. The number of hydrogen-bond donors (Lipinski definition) is 2. The smallest absolute Gasteiger partial charge is 0.193 e. The number of nitrogens with one attached hydrogen (secondary N) is 1. The van der Waals surface area contributed by atoms with Gasteiger partial charge < -0.3 is 20.5 Å². The highest BCUT2D eigenvalue weighted by molar-refractivity contribution is 5.92. The van der Waals surface area contributed by atoms with Crippen LogP contribution in [-0.4, -0.2) is 36.5 Å². The Labute approximate surface area is 129 Å². The van der Waals surface area contributed by atoms with Crippen molar-refractivity contribution in [3.63, 3.8) is 0 Å². The largest absolute Gasteiger partial charge is 0.493 e. The molecule has 0 unspecified atom stereocenters. The molecule has 0 aliphatic carbocycles. The monoisotopic (exact) mass is 303 g/mol. The third-order valence-electron chi connectivity index (χ3n) is 3.23. The van der Waals surface area contributed by atoms with Crippen molar-refractivity contribution in [3.05, 3.63) is 36.2 Å². The Balaban J connectivity index is 1.94. The summed E-state index contributed by atoms with van der Waals surface area (Å²) in [7, 11) is 5.09. The lowest BCUT2D eigenvalue weighted by atomic mass is 10.3. The minimum Gasteiger partial charge on any atom is -0.493 e. The number of rotatable bonds is 6. The zero-order chi connectivity index (χ0) is 15.9. The normalized spacial score (nSPS) is 11.3. The maximum atomic E-state index is 5.89. The first-order chi connectivity index (χ1) is 10.6. The molecule has 0 aliphatic heterocycles. The number of guanidine groups is 1. The number of nitrogens with two attached hydrogens (primary N) is 1. The molecular formula is C15H21N5O2. The summed E-state index contributed by atoms with van der Waals surface area (Å²) in [5.41, 5.74) is 7.79. The maximum Gasteiger partial charge on any atom is 0.193 e. The maximum absolute atomic E-state index is 5.89. The van der Waals surface area contributed by atoms with E-state index in [9.17, 15) is 0 Å². The lowest BCUT2D eigenvalue weighted by molar-refractivity contribution is 0.355. The summed E-state index contributed by atoms with van der Waals surface area (Å²) in [4.78, 5) is 4.30. The zero-order valence-corrected chi connectivity index (χ0v) is 13.0. The minimum absolute atomic E-state index is 0.356. The lowest BCUT2D eigenvalue weighted by Gasteiger charge is -2.10. The van der Waals surface area contributed by atoms with E-state index in [-0.39, 0.29) is 0 Å². The first-order valence-electron chi connectivity index (χ1n) is 6.90. The summed E-state index contributed by atoms with van der Waals surface area (Å²) in [6.07, 6.45) is 2.55. The molecule has 7 nitrogen and oxygen atoms in total. The zero-order valence-electron chi connectivity index (χ0n) is 13.0. The first-order valence-corrected chi connectivity index (χ1v) is 6.90. The van der Waals surface area contributed by atoms with Crippen LogP contribution in [0.5, 0.6) is 11.5 Å². The van der Waals surface area contributed by atoms with Crippen LogP contribution in [0.1, 0.15) is 5.69 Å². The van der Waals surface area contributed by atoms with E-state index in [1.165, 1.54) is 0 Å². The number of methoxy groups -OCH3 is 2. The van der Waals surface area contributed by atoms with Gasteiger partial charge in [-0.2, -0.15) is 5.10 Å². The van der Waals surface area contributed by atoms with Crippen molar-refractivity contribution in [2.24, 2.45) is 17.8 Å².